The number of nitrogens with one attached hydrogen (secondary N) is 1. The molecule has 3 aromatic rings. The van der Waals surface area contributed by atoms with E-state index in [1.807, 2.05) is 31.1 Å². The van der Waals surface area contributed by atoms with Crippen molar-refractivity contribution in [3.8, 4) is 11.3 Å². The maximum atomic E-state index is 5.81. The van der Waals surface area contributed by atoms with Crippen molar-refractivity contribution in [2.75, 3.05) is 19.0 Å². The Morgan fingerprint density at radius 1 is 1.15 bits per heavy atom. The minimum Gasteiger partial charge on any atom is -0.362 e. The predicted molar refractivity (Wildman–Crippen MR) is 83.2 cm³/mol. The van der Waals surface area contributed by atoms with E-state index in [-0.39, 0.29) is 0 Å². The lowest BCUT2D eigenvalue weighted by Crippen LogP contribution is -2.10. The molecule has 0 aliphatic rings. The fourth-order valence-electron chi connectivity index (χ4n) is 2.21. The van der Waals surface area contributed by atoms with Crippen molar-refractivity contribution in [3.05, 3.63) is 42.2 Å². The first-order valence-electron chi connectivity index (χ1n) is 6.35. The van der Waals surface area contributed by atoms with Gasteiger partial charge in [-0.3, -0.25) is 0 Å². The van der Waals surface area contributed by atoms with Gasteiger partial charge < -0.3 is 9.88 Å². The van der Waals surface area contributed by atoms with Crippen molar-refractivity contribution in [3.63, 3.8) is 0 Å². The van der Waals surface area contributed by atoms with Crippen LogP contribution in [0.5, 0.6) is 0 Å². The van der Waals surface area contributed by atoms with Crippen LogP contribution in [0.2, 0.25) is 0 Å². The summed E-state index contributed by atoms with van der Waals surface area (Å²) in [4.78, 5) is 13.9. The first-order chi connectivity index (χ1) is 9.69. The Labute approximate surface area is 122 Å². The Balaban J connectivity index is 2.10. The molecule has 0 radical (unpaired) electrons. The zero-order valence-electron chi connectivity index (χ0n) is 11.4. The van der Waals surface area contributed by atoms with Gasteiger partial charge in [-0.05, 0) is 17.2 Å². The van der Waals surface area contributed by atoms with Crippen molar-refractivity contribution >= 4 is 28.5 Å². The van der Waals surface area contributed by atoms with E-state index < -0.39 is 0 Å². The lowest BCUT2D eigenvalue weighted by Gasteiger charge is -2.10. The molecule has 0 saturated carbocycles. The number of aromatic amines is 1. The van der Waals surface area contributed by atoms with E-state index in [1.54, 1.807) is 6.33 Å². The third kappa shape index (κ3) is 2.23. The minimum atomic E-state index is 0.531. The molecule has 102 valence electrons. The highest BCUT2D eigenvalue weighted by molar-refractivity contribution is 6.17. The van der Waals surface area contributed by atoms with Gasteiger partial charge in [0.2, 0.25) is 0 Å². The molecule has 2 heterocycles. The van der Waals surface area contributed by atoms with Crippen molar-refractivity contribution in [2.24, 2.45) is 0 Å². The molecule has 0 saturated heterocycles. The van der Waals surface area contributed by atoms with E-state index in [2.05, 4.69) is 33.2 Å². The summed E-state index contributed by atoms with van der Waals surface area (Å²) in [6.45, 7) is 0. The molecule has 0 aliphatic heterocycles. The first kappa shape index (κ1) is 12.9. The highest BCUT2D eigenvalue weighted by Crippen LogP contribution is 2.27. The number of fused-ring (bicyclic) bond motifs is 1. The number of hydrogen-bond donors (Lipinski definition) is 1. The number of halogens is 1. The molecule has 0 amide bonds. The number of nitrogens with zero attached hydrogens (tertiary/aromatic N) is 3. The highest BCUT2D eigenvalue weighted by Gasteiger charge is 2.10. The smallest absolute Gasteiger partial charge is 0.143 e. The Morgan fingerprint density at radius 3 is 2.55 bits per heavy atom. The molecule has 2 aromatic heterocycles. The van der Waals surface area contributed by atoms with Gasteiger partial charge >= 0.3 is 0 Å². The summed E-state index contributed by atoms with van der Waals surface area (Å²) in [5.41, 5.74) is 4.10. The summed E-state index contributed by atoms with van der Waals surface area (Å²) in [7, 11) is 3.95. The Kier molecular flexibility index (Phi) is 3.32. The van der Waals surface area contributed by atoms with Gasteiger partial charge in [-0.1, -0.05) is 24.3 Å². The average Bonchev–Trinajstić information content (AvgIpc) is 2.90. The molecular formula is C15H15ClN4. The molecule has 1 N–H and O–H groups in total. The van der Waals surface area contributed by atoms with Crippen LogP contribution in [0.1, 0.15) is 5.56 Å². The number of benzene rings is 1. The van der Waals surface area contributed by atoms with Gasteiger partial charge in [0.1, 0.15) is 17.8 Å². The van der Waals surface area contributed by atoms with Crippen LogP contribution in [0.15, 0.2) is 36.7 Å². The largest absolute Gasteiger partial charge is 0.362 e. The summed E-state index contributed by atoms with van der Waals surface area (Å²) in [6, 6.07) is 10.3. The van der Waals surface area contributed by atoms with Crippen LogP contribution in [0, 0.1) is 0 Å². The number of H-pyrrole nitrogens is 1. The van der Waals surface area contributed by atoms with Crippen molar-refractivity contribution < 1.29 is 0 Å². The van der Waals surface area contributed by atoms with Gasteiger partial charge in [0.05, 0.1) is 5.39 Å². The van der Waals surface area contributed by atoms with Crippen molar-refractivity contribution in [2.45, 2.75) is 5.88 Å². The van der Waals surface area contributed by atoms with Gasteiger partial charge in [0.15, 0.2) is 0 Å². The van der Waals surface area contributed by atoms with Crippen LogP contribution < -0.4 is 4.90 Å². The maximum absolute atomic E-state index is 5.81. The molecule has 0 bridgehead atoms. The van der Waals surface area contributed by atoms with Crippen LogP contribution in [-0.2, 0) is 5.88 Å². The van der Waals surface area contributed by atoms with Gasteiger partial charge in [0.25, 0.3) is 0 Å². The normalized spacial score (nSPS) is 10.9. The lowest BCUT2D eigenvalue weighted by molar-refractivity contribution is 1.06. The van der Waals surface area contributed by atoms with E-state index in [4.69, 9.17) is 11.6 Å². The number of rotatable bonds is 3. The first-order valence-corrected chi connectivity index (χ1v) is 6.89. The molecule has 0 aliphatic carbocycles. The quantitative estimate of drug-likeness (QED) is 0.750. The van der Waals surface area contributed by atoms with E-state index in [0.717, 1.165) is 33.7 Å². The van der Waals surface area contributed by atoms with Gasteiger partial charge in [-0.15, -0.1) is 11.6 Å². The molecule has 0 atom stereocenters. The van der Waals surface area contributed by atoms with E-state index >= 15 is 0 Å². The SMILES string of the molecule is CN(C)c1ncnc2[nH]c(-c3ccc(CCl)cc3)cc12. The second-order valence-electron chi connectivity index (χ2n) is 4.87. The summed E-state index contributed by atoms with van der Waals surface area (Å²) >= 11 is 5.81. The molecule has 0 unspecified atom stereocenters. The van der Waals surface area contributed by atoms with Crippen molar-refractivity contribution in [1.29, 1.82) is 0 Å². The predicted octanol–water partition coefficient (Wildman–Crippen LogP) is 3.43. The Bertz CT molecular complexity index is 731. The minimum absolute atomic E-state index is 0.531. The van der Waals surface area contributed by atoms with Gasteiger partial charge in [-0.25, -0.2) is 9.97 Å². The molecule has 0 spiro atoms. The summed E-state index contributed by atoms with van der Waals surface area (Å²) in [6.07, 6.45) is 1.58. The van der Waals surface area contributed by atoms with E-state index in [0.29, 0.717) is 5.88 Å². The molecule has 1 aromatic carbocycles. The fourth-order valence-corrected chi connectivity index (χ4v) is 2.39. The third-order valence-electron chi connectivity index (χ3n) is 3.25. The van der Waals surface area contributed by atoms with Crippen LogP contribution in [0.4, 0.5) is 5.82 Å². The Morgan fingerprint density at radius 2 is 1.90 bits per heavy atom. The maximum Gasteiger partial charge on any atom is 0.143 e. The molecule has 5 heteroatoms. The van der Waals surface area contributed by atoms with Crippen molar-refractivity contribution in [1.82, 2.24) is 15.0 Å². The van der Waals surface area contributed by atoms with Gasteiger partial charge in [0, 0.05) is 25.7 Å². The second kappa shape index (κ2) is 5.13. The summed E-state index contributed by atoms with van der Waals surface area (Å²) in [5.74, 6) is 1.44. The lowest BCUT2D eigenvalue weighted by atomic mass is 10.1. The van der Waals surface area contributed by atoms with E-state index in [9.17, 15) is 0 Å². The Hall–Kier alpha value is -2.07. The fraction of sp³-hybridized carbons (Fsp3) is 0.200. The van der Waals surface area contributed by atoms with Crippen LogP contribution in [0.25, 0.3) is 22.3 Å². The standard InChI is InChI=1S/C15H15ClN4/c1-20(2)15-12-7-13(19-14(12)17-9-18-15)11-5-3-10(8-16)4-6-11/h3-7,9H,8H2,1-2H3,(H,17,18,19). The summed E-state index contributed by atoms with van der Waals surface area (Å²) < 4.78 is 0. The average molecular weight is 287 g/mol. The van der Waals surface area contributed by atoms with E-state index in [1.165, 1.54) is 0 Å². The number of anilines is 1. The molecule has 20 heavy (non-hydrogen) atoms. The topological polar surface area (TPSA) is 44.8 Å². The number of hydrogen-bond acceptors (Lipinski definition) is 3. The summed E-state index contributed by atoms with van der Waals surface area (Å²) in [5, 5.41) is 1.02. The molecule has 3 rings (SSSR count). The zero-order chi connectivity index (χ0) is 14.1. The number of aromatic nitrogens is 3. The number of alkyl halides is 1. The van der Waals surface area contributed by atoms with Gasteiger partial charge in [-0.2, -0.15) is 0 Å². The third-order valence-corrected chi connectivity index (χ3v) is 3.56. The van der Waals surface area contributed by atoms with Crippen LogP contribution in [0.3, 0.4) is 0 Å². The molecule has 4 nitrogen and oxygen atoms in total. The monoisotopic (exact) mass is 286 g/mol. The zero-order valence-corrected chi connectivity index (χ0v) is 12.1. The van der Waals surface area contributed by atoms with Crippen LogP contribution >= 0.6 is 11.6 Å². The molecular weight excluding hydrogens is 272 g/mol. The molecule has 0 fully saturated rings. The second-order valence-corrected chi connectivity index (χ2v) is 5.13. The highest BCUT2D eigenvalue weighted by atomic mass is 35.5. The van der Waals surface area contributed by atoms with Crippen LogP contribution in [-0.4, -0.2) is 29.0 Å².